The number of phosphoric acid groups is 1. The fourth-order valence-corrected chi connectivity index (χ4v) is 1.90. The van der Waals surface area contributed by atoms with Gasteiger partial charge in [0, 0.05) is 0 Å². The molecular formula is C9H16F3O4P. The Morgan fingerprint density at radius 3 is 2.41 bits per heavy atom. The van der Waals surface area contributed by atoms with E-state index in [-0.39, 0.29) is 13.2 Å². The van der Waals surface area contributed by atoms with Crippen molar-refractivity contribution in [2.24, 2.45) is 0 Å². The summed E-state index contributed by atoms with van der Waals surface area (Å²) in [6, 6.07) is 0. The molecule has 1 atom stereocenters. The zero-order chi connectivity index (χ0) is 13.4. The van der Waals surface area contributed by atoms with Gasteiger partial charge in [0.2, 0.25) is 0 Å². The molecule has 0 saturated heterocycles. The van der Waals surface area contributed by atoms with Crippen molar-refractivity contribution in [3.63, 3.8) is 0 Å². The first-order chi connectivity index (χ1) is 7.83. The number of rotatable bonds is 9. The Morgan fingerprint density at radius 2 is 1.94 bits per heavy atom. The molecule has 0 rings (SSSR count). The minimum Gasteiger partial charge on any atom is -0.287 e. The minimum absolute atomic E-state index is 0.0166. The maximum Gasteiger partial charge on any atom is 0.475 e. The van der Waals surface area contributed by atoms with E-state index in [0.29, 0.717) is 6.42 Å². The molecule has 0 bridgehead atoms. The Kier molecular flexibility index (Phi) is 7.70. The fraction of sp³-hybridized carbons (Fsp3) is 0.778. The van der Waals surface area contributed by atoms with Crippen molar-refractivity contribution in [3.8, 4) is 0 Å². The lowest BCUT2D eigenvalue weighted by atomic mass is 10.4. The average Bonchev–Trinajstić information content (AvgIpc) is 2.24. The molecule has 0 aliphatic rings. The van der Waals surface area contributed by atoms with Crippen molar-refractivity contribution in [2.75, 3.05) is 19.8 Å². The van der Waals surface area contributed by atoms with E-state index in [2.05, 4.69) is 15.6 Å². The third kappa shape index (κ3) is 9.35. The minimum atomic E-state index is -4.58. The summed E-state index contributed by atoms with van der Waals surface area (Å²) in [5, 5.41) is 0. The van der Waals surface area contributed by atoms with Crippen LogP contribution in [0.3, 0.4) is 0 Å². The van der Waals surface area contributed by atoms with E-state index in [4.69, 9.17) is 4.52 Å². The fourth-order valence-electron chi connectivity index (χ4n) is 0.729. The first-order valence-electron chi connectivity index (χ1n) is 5.04. The molecule has 0 aliphatic heterocycles. The highest BCUT2D eigenvalue weighted by Gasteiger charge is 2.35. The van der Waals surface area contributed by atoms with Crippen LogP contribution in [0.25, 0.3) is 0 Å². The van der Waals surface area contributed by atoms with Crippen LogP contribution in [0.15, 0.2) is 12.7 Å². The maximum atomic E-state index is 11.9. The molecule has 0 saturated carbocycles. The highest BCUT2D eigenvalue weighted by molar-refractivity contribution is 7.48. The normalized spacial score (nSPS) is 15.5. The van der Waals surface area contributed by atoms with Crippen molar-refractivity contribution < 1.29 is 31.3 Å². The number of hydrogen-bond acceptors (Lipinski definition) is 4. The largest absolute Gasteiger partial charge is 0.475 e. The zero-order valence-corrected chi connectivity index (χ0v) is 10.4. The number of alkyl halides is 3. The molecular weight excluding hydrogens is 260 g/mol. The van der Waals surface area contributed by atoms with Crippen LogP contribution >= 0.6 is 7.82 Å². The summed E-state index contributed by atoms with van der Waals surface area (Å²) in [7, 11) is -4.15. The maximum absolute atomic E-state index is 11.9. The summed E-state index contributed by atoms with van der Waals surface area (Å²) < 4.78 is 61.0. The van der Waals surface area contributed by atoms with Gasteiger partial charge in [0.1, 0.15) is 0 Å². The molecule has 0 amide bonds. The van der Waals surface area contributed by atoms with Crippen molar-refractivity contribution in [1.82, 2.24) is 0 Å². The molecule has 17 heavy (non-hydrogen) atoms. The first-order valence-corrected chi connectivity index (χ1v) is 6.50. The number of hydrogen-bond donors (Lipinski definition) is 0. The van der Waals surface area contributed by atoms with Crippen LogP contribution < -0.4 is 0 Å². The van der Waals surface area contributed by atoms with E-state index < -0.39 is 20.6 Å². The topological polar surface area (TPSA) is 44.8 Å². The molecule has 0 N–H and O–H groups in total. The van der Waals surface area contributed by atoms with Crippen LogP contribution in [-0.2, 0) is 18.1 Å². The van der Waals surface area contributed by atoms with Gasteiger partial charge >= 0.3 is 14.0 Å². The monoisotopic (exact) mass is 276 g/mol. The predicted octanol–water partition coefficient (Wildman–Crippen LogP) is 3.69. The molecule has 0 fully saturated rings. The van der Waals surface area contributed by atoms with Gasteiger partial charge in [-0.05, 0) is 6.42 Å². The van der Waals surface area contributed by atoms with Crippen LogP contribution in [0.2, 0.25) is 0 Å². The second kappa shape index (κ2) is 7.87. The molecule has 0 heterocycles. The lowest BCUT2D eigenvalue weighted by Gasteiger charge is -2.18. The quantitative estimate of drug-likeness (QED) is 0.366. The Hall–Kier alpha value is -0.360. The van der Waals surface area contributed by atoms with Crippen molar-refractivity contribution in [1.29, 1.82) is 0 Å². The van der Waals surface area contributed by atoms with Gasteiger partial charge in [-0.15, -0.1) is 6.58 Å². The number of phosphoric ester groups is 1. The Bertz CT molecular complexity index is 267. The van der Waals surface area contributed by atoms with Gasteiger partial charge in [-0.25, -0.2) is 4.57 Å². The molecule has 0 radical (unpaired) electrons. The molecule has 4 nitrogen and oxygen atoms in total. The van der Waals surface area contributed by atoms with Crippen LogP contribution in [0.5, 0.6) is 0 Å². The molecule has 0 spiro atoms. The van der Waals surface area contributed by atoms with Gasteiger partial charge < -0.3 is 0 Å². The standard InChI is InChI=1S/C9H16F3O4P/c1-3-5-7-15-17(13,14-6-4-2)16-8-9(10,11)12/h4H,2-3,5-8H2,1H3. The first kappa shape index (κ1) is 16.6. The molecule has 0 aromatic heterocycles. The summed E-state index contributed by atoms with van der Waals surface area (Å²) in [6.07, 6.45) is -2.04. The smallest absolute Gasteiger partial charge is 0.287 e. The Balaban J connectivity index is 4.28. The van der Waals surface area contributed by atoms with Crippen LogP contribution in [0, 0.1) is 0 Å². The van der Waals surface area contributed by atoms with Gasteiger partial charge in [0.25, 0.3) is 0 Å². The van der Waals surface area contributed by atoms with Gasteiger partial charge in [-0.3, -0.25) is 13.6 Å². The van der Waals surface area contributed by atoms with E-state index in [1.54, 1.807) is 0 Å². The Morgan fingerprint density at radius 1 is 1.29 bits per heavy atom. The summed E-state index contributed by atoms with van der Waals surface area (Å²) in [5.74, 6) is 0. The van der Waals surface area contributed by atoms with Gasteiger partial charge in [0.05, 0.1) is 13.2 Å². The van der Waals surface area contributed by atoms with Crippen molar-refractivity contribution >= 4 is 7.82 Å². The third-order valence-corrected chi connectivity index (χ3v) is 2.89. The van der Waals surface area contributed by atoms with Gasteiger partial charge in [-0.1, -0.05) is 19.4 Å². The Labute approximate surface area is 98.4 Å². The highest BCUT2D eigenvalue weighted by atomic mass is 31.2. The molecule has 0 aromatic rings. The van der Waals surface area contributed by atoms with E-state index in [0.717, 1.165) is 6.42 Å². The van der Waals surface area contributed by atoms with Crippen molar-refractivity contribution in [2.45, 2.75) is 25.9 Å². The second-order valence-corrected chi connectivity index (χ2v) is 4.78. The van der Waals surface area contributed by atoms with E-state index in [1.807, 2.05) is 6.92 Å². The predicted molar refractivity (Wildman–Crippen MR) is 56.6 cm³/mol. The van der Waals surface area contributed by atoms with E-state index >= 15 is 0 Å². The SMILES string of the molecule is C=CCOP(=O)(OCCCC)OCC(F)(F)F. The molecule has 102 valence electrons. The van der Waals surface area contributed by atoms with Crippen molar-refractivity contribution in [3.05, 3.63) is 12.7 Å². The molecule has 0 aromatic carbocycles. The molecule has 8 heteroatoms. The lowest BCUT2D eigenvalue weighted by Crippen LogP contribution is -2.17. The van der Waals surface area contributed by atoms with Crippen LogP contribution in [0.1, 0.15) is 19.8 Å². The second-order valence-electron chi connectivity index (χ2n) is 3.11. The lowest BCUT2D eigenvalue weighted by molar-refractivity contribution is -0.158. The number of unbranched alkanes of at least 4 members (excludes halogenated alkanes) is 1. The number of halogens is 3. The van der Waals surface area contributed by atoms with Gasteiger partial charge in [-0.2, -0.15) is 13.2 Å². The van der Waals surface area contributed by atoms with Crippen LogP contribution in [-0.4, -0.2) is 26.0 Å². The third-order valence-electron chi connectivity index (χ3n) is 1.48. The average molecular weight is 276 g/mol. The van der Waals surface area contributed by atoms with Crippen LogP contribution in [0.4, 0.5) is 13.2 Å². The summed E-state index contributed by atoms with van der Waals surface area (Å²) in [4.78, 5) is 0. The summed E-state index contributed by atoms with van der Waals surface area (Å²) in [6.45, 7) is 3.28. The summed E-state index contributed by atoms with van der Waals surface area (Å²) in [5.41, 5.74) is 0. The van der Waals surface area contributed by atoms with Gasteiger partial charge in [0.15, 0.2) is 6.61 Å². The highest BCUT2D eigenvalue weighted by Crippen LogP contribution is 2.50. The summed E-state index contributed by atoms with van der Waals surface area (Å²) >= 11 is 0. The van der Waals surface area contributed by atoms with E-state index in [1.165, 1.54) is 6.08 Å². The molecule has 1 unspecified atom stereocenters. The van der Waals surface area contributed by atoms with E-state index in [9.17, 15) is 17.7 Å². The molecule has 0 aliphatic carbocycles. The zero-order valence-electron chi connectivity index (χ0n) is 9.53.